The van der Waals surface area contributed by atoms with Gasteiger partial charge in [-0.3, -0.25) is 14.0 Å². The van der Waals surface area contributed by atoms with E-state index >= 15 is 0 Å². The summed E-state index contributed by atoms with van der Waals surface area (Å²) in [6, 6.07) is 5.32. The normalized spacial score (nSPS) is 11.2. The number of thiophene rings is 1. The third kappa shape index (κ3) is 2.79. The zero-order chi connectivity index (χ0) is 16.5. The zero-order valence-corrected chi connectivity index (χ0v) is 13.9. The molecule has 0 bridgehead atoms. The first-order valence-electron chi connectivity index (χ1n) is 7.13. The number of aromatic nitrogens is 2. The summed E-state index contributed by atoms with van der Waals surface area (Å²) >= 11 is 2.86. The van der Waals surface area contributed by atoms with Crippen LogP contribution in [0.5, 0.6) is 0 Å². The molecule has 0 aromatic carbocycles. The van der Waals surface area contributed by atoms with Crippen molar-refractivity contribution in [3.63, 3.8) is 0 Å². The average molecular weight is 360 g/mol. The number of carbonyl (C=O) groups excluding carboxylic acids is 2. The third-order valence-corrected chi connectivity index (χ3v) is 5.19. The second-order valence-electron chi connectivity index (χ2n) is 5.01. The van der Waals surface area contributed by atoms with E-state index in [2.05, 4.69) is 15.6 Å². The molecule has 0 saturated heterocycles. The highest BCUT2D eigenvalue weighted by molar-refractivity contribution is 7.21. The molecule has 4 heterocycles. The summed E-state index contributed by atoms with van der Waals surface area (Å²) in [5.74, 6) is 0.104. The molecular weight excluding hydrogens is 348 g/mol. The number of fused-ring (bicyclic) bond motifs is 3. The average Bonchev–Trinajstić information content (AvgIpc) is 3.31. The van der Waals surface area contributed by atoms with Gasteiger partial charge in [-0.2, -0.15) is 0 Å². The van der Waals surface area contributed by atoms with Gasteiger partial charge in [-0.25, -0.2) is 4.98 Å². The third-order valence-electron chi connectivity index (χ3n) is 3.41. The van der Waals surface area contributed by atoms with Gasteiger partial charge in [0.05, 0.1) is 29.7 Å². The fourth-order valence-electron chi connectivity index (χ4n) is 2.27. The van der Waals surface area contributed by atoms with Crippen LogP contribution in [0.3, 0.4) is 0 Å². The lowest BCUT2D eigenvalue weighted by molar-refractivity contribution is -0.120. The number of carbonyl (C=O) groups is 2. The van der Waals surface area contributed by atoms with Gasteiger partial charge >= 0.3 is 0 Å². The summed E-state index contributed by atoms with van der Waals surface area (Å²) in [5.41, 5.74) is 0.906. The van der Waals surface area contributed by atoms with E-state index in [1.807, 2.05) is 16.0 Å². The molecule has 0 atom stereocenters. The van der Waals surface area contributed by atoms with Crippen LogP contribution in [-0.2, 0) is 11.3 Å². The van der Waals surface area contributed by atoms with Crippen LogP contribution in [0, 0.1) is 0 Å². The highest BCUT2D eigenvalue weighted by Gasteiger charge is 2.15. The van der Waals surface area contributed by atoms with Crippen LogP contribution in [0.25, 0.3) is 15.3 Å². The topological polar surface area (TPSA) is 88.6 Å². The van der Waals surface area contributed by atoms with Gasteiger partial charge in [-0.1, -0.05) is 0 Å². The first kappa shape index (κ1) is 14.9. The van der Waals surface area contributed by atoms with Crippen LogP contribution in [0.2, 0.25) is 0 Å². The molecule has 0 fully saturated rings. The summed E-state index contributed by atoms with van der Waals surface area (Å²) in [4.78, 5) is 30.7. The van der Waals surface area contributed by atoms with E-state index in [-0.39, 0.29) is 18.4 Å². The second kappa shape index (κ2) is 6.10. The Morgan fingerprint density at radius 2 is 2.25 bits per heavy atom. The van der Waals surface area contributed by atoms with Crippen molar-refractivity contribution in [1.29, 1.82) is 0 Å². The van der Waals surface area contributed by atoms with E-state index in [9.17, 15) is 9.59 Å². The Balaban J connectivity index is 1.37. The van der Waals surface area contributed by atoms with Gasteiger partial charge in [0.2, 0.25) is 5.91 Å². The lowest BCUT2D eigenvalue weighted by atomic mass is 10.4. The van der Waals surface area contributed by atoms with Crippen molar-refractivity contribution in [2.75, 3.05) is 6.54 Å². The Morgan fingerprint density at radius 1 is 1.33 bits per heavy atom. The standard InChI is InChI=1S/C15H12N4O3S2/c20-12(16-7-9-2-1-4-22-9)8-17-13(21)11-6-10-14(24-11)18-15-19(10)3-5-23-15/h1-6H,7-8H2,(H,16,20)(H,17,21). The van der Waals surface area contributed by atoms with Gasteiger partial charge in [0.15, 0.2) is 4.96 Å². The lowest BCUT2D eigenvalue weighted by Gasteiger charge is -2.04. The molecule has 9 heteroatoms. The maximum Gasteiger partial charge on any atom is 0.261 e. The van der Waals surface area contributed by atoms with Crippen LogP contribution in [-0.4, -0.2) is 27.7 Å². The van der Waals surface area contributed by atoms with Crippen molar-refractivity contribution in [2.24, 2.45) is 0 Å². The first-order valence-corrected chi connectivity index (χ1v) is 8.83. The number of thiazole rings is 1. The SMILES string of the molecule is O=C(CNC(=O)c1cc2c(nc3sccn32)s1)NCc1ccco1. The Bertz CT molecular complexity index is 1010. The van der Waals surface area contributed by atoms with Gasteiger partial charge < -0.3 is 15.1 Å². The van der Waals surface area contributed by atoms with Crippen LogP contribution in [0.1, 0.15) is 15.4 Å². The van der Waals surface area contributed by atoms with Gasteiger partial charge in [0.1, 0.15) is 10.6 Å². The molecule has 24 heavy (non-hydrogen) atoms. The summed E-state index contributed by atoms with van der Waals surface area (Å²) in [6.07, 6.45) is 3.47. The van der Waals surface area contributed by atoms with Crippen LogP contribution < -0.4 is 10.6 Å². The number of hydrogen-bond donors (Lipinski definition) is 2. The number of imidazole rings is 1. The van der Waals surface area contributed by atoms with Gasteiger partial charge in [-0.05, 0) is 18.2 Å². The Hall–Kier alpha value is -2.65. The lowest BCUT2D eigenvalue weighted by Crippen LogP contribution is -2.36. The highest BCUT2D eigenvalue weighted by Crippen LogP contribution is 2.28. The van der Waals surface area contributed by atoms with E-state index in [1.54, 1.807) is 35.8 Å². The molecule has 2 amide bonds. The summed E-state index contributed by atoms with van der Waals surface area (Å²) in [6.45, 7) is 0.210. The molecule has 4 rings (SSSR count). The van der Waals surface area contributed by atoms with E-state index in [4.69, 9.17) is 4.42 Å². The zero-order valence-electron chi connectivity index (χ0n) is 12.3. The Labute approximate surface area is 143 Å². The molecule has 0 saturated carbocycles. The van der Waals surface area contributed by atoms with Crippen molar-refractivity contribution in [1.82, 2.24) is 20.0 Å². The molecule has 4 aromatic rings. The van der Waals surface area contributed by atoms with E-state index < -0.39 is 0 Å². The van der Waals surface area contributed by atoms with E-state index in [1.165, 1.54) is 11.3 Å². The number of hydrogen-bond acceptors (Lipinski definition) is 6. The molecule has 4 aromatic heterocycles. The van der Waals surface area contributed by atoms with Crippen LogP contribution in [0.4, 0.5) is 0 Å². The molecule has 0 aliphatic heterocycles. The minimum atomic E-state index is -0.282. The molecule has 122 valence electrons. The van der Waals surface area contributed by atoms with Crippen LogP contribution in [0.15, 0.2) is 40.5 Å². The predicted molar refractivity (Wildman–Crippen MR) is 91.3 cm³/mol. The molecule has 0 aliphatic rings. The number of nitrogens with one attached hydrogen (secondary N) is 2. The maximum atomic E-state index is 12.2. The molecule has 0 unspecified atom stereocenters. The Kier molecular flexibility index (Phi) is 3.79. The van der Waals surface area contributed by atoms with Crippen LogP contribution >= 0.6 is 22.7 Å². The van der Waals surface area contributed by atoms with E-state index in [0.717, 1.165) is 15.3 Å². The quantitative estimate of drug-likeness (QED) is 0.571. The monoisotopic (exact) mass is 360 g/mol. The van der Waals surface area contributed by atoms with Crippen molar-refractivity contribution in [2.45, 2.75) is 6.54 Å². The van der Waals surface area contributed by atoms with Crippen molar-refractivity contribution < 1.29 is 14.0 Å². The number of furan rings is 1. The minimum Gasteiger partial charge on any atom is -0.467 e. The minimum absolute atomic E-state index is 0.0872. The molecular formula is C15H12N4O3S2. The summed E-state index contributed by atoms with van der Waals surface area (Å²) in [7, 11) is 0. The number of amides is 2. The van der Waals surface area contributed by atoms with Gasteiger partial charge in [0.25, 0.3) is 5.91 Å². The molecule has 0 aliphatic carbocycles. The molecule has 0 radical (unpaired) electrons. The maximum absolute atomic E-state index is 12.2. The van der Waals surface area contributed by atoms with Crippen molar-refractivity contribution >= 4 is 49.8 Å². The molecule has 0 spiro atoms. The van der Waals surface area contributed by atoms with E-state index in [0.29, 0.717) is 17.2 Å². The number of nitrogens with zero attached hydrogens (tertiary/aromatic N) is 2. The van der Waals surface area contributed by atoms with Gasteiger partial charge in [0, 0.05) is 11.6 Å². The first-order chi connectivity index (χ1) is 11.7. The molecule has 7 nitrogen and oxygen atoms in total. The Morgan fingerprint density at radius 3 is 3.08 bits per heavy atom. The predicted octanol–water partition coefficient (Wildman–Crippen LogP) is 2.25. The largest absolute Gasteiger partial charge is 0.467 e. The highest BCUT2D eigenvalue weighted by atomic mass is 32.1. The van der Waals surface area contributed by atoms with Gasteiger partial charge in [-0.15, -0.1) is 22.7 Å². The fraction of sp³-hybridized carbons (Fsp3) is 0.133. The van der Waals surface area contributed by atoms with Crippen molar-refractivity contribution in [3.8, 4) is 0 Å². The summed E-state index contributed by atoms with van der Waals surface area (Å²) < 4.78 is 7.07. The smallest absolute Gasteiger partial charge is 0.261 e. The summed E-state index contributed by atoms with van der Waals surface area (Å²) in [5, 5.41) is 7.24. The molecule has 2 N–H and O–H groups in total. The van der Waals surface area contributed by atoms with Crippen molar-refractivity contribution in [3.05, 3.63) is 46.7 Å². The second-order valence-corrected chi connectivity index (χ2v) is 6.91. The number of rotatable bonds is 5. The fourth-order valence-corrected chi connectivity index (χ4v) is 3.99.